The summed E-state index contributed by atoms with van der Waals surface area (Å²) < 4.78 is 5.25. The van der Waals surface area contributed by atoms with E-state index in [1.54, 1.807) is 7.11 Å². The van der Waals surface area contributed by atoms with Crippen LogP contribution in [0.15, 0.2) is 84.9 Å². The minimum Gasteiger partial charge on any atom is -0.497 e. The van der Waals surface area contributed by atoms with Crippen LogP contribution in [0.5, 0.6) is 5.75 Å². The van der Waals surface area contributed by atoms with Crippen LogP contribution in [0.25, 0.3) is 0 Å². The zero-order valence-electron chi connectivity index (χ0n) is 14.7. The number of carbonyl (C=O) groups excluding carboxylic acids is 1. The highest BCUT2D eigenvalue weighted by atomic mass is 16.5. The lowest BCUT2D eigenvalue weighted by Gasteiger charge is -2.05. The van der Waals surface area contributed by atoms with E-state index in [4.69, 9.17) is 4.74 Å². The van der Waals surface area contributed by atoms with Gasteiger partial charge in [-0.2, -0.15) is 0 Å². The average Bonchev–Trinajstić information content (AvgIpc) is 3.42. The van der Waals surface area contributed by atoms with Gasteiger partial charge in [0.05, 0.1) is 19.2 Å². The summed E-state index contributed by atoms with van der Waals surface area (Å²) in [6, 6.07) is 27.9. The highest BCUT2D eigenvalue weighted by Crippen LogP contribution is 2.46. The number of hydrogen-bond acceptors (Lipinski definition) is 3. The summed E-state index contributed by atoms with van der Waals surface area (Å²) in [6.45, 7) is 0.765. The zero-order chi connectivity index (χ0) is 17.9. The SMILES string of the molecule is COc1ccc([C@H]2[C@@H](C(=O)c3ccccc3)N2Cc2ccccc2)cc1. The lowest BCUT2D eigenvalue weighted by Crippen LogP contribution is -2.13. The van der Waals surface area contributed by atoms with Crippen LogP contribution in [-0.2, 0) is 6.54 Å². The van der Waals surface area contributed by atoms with Crippen molar-refractivity contribution in [2.75, 3.05) is 7.11 Å². The lowest BCUT2D eigenvalue weighted by molar-refractivity contribution is 0.0973. The molecule has 1 aliphatic rings. The van der Waals surface area contributed by atoms with E-state index in [9.17, 15) is 4.79 Å². The summed E-state index contributed by atoms with van der Waals surface area (Å²) in [7, 11) is 1.66. The first kappa shape index (κ1) is 16.6. The number of nitrogens with zero attached hydrogens (tertiary/aromatic N) is 1. The maximum atomic E-state index is 13.0. The molecule has 0 amide bonds. The maximum Gasteiger partial charge on any atom is 0.181 e. The number of Topliss-reactive ketones (excluding diaryl/α,β-unsaturated/α-hetero) is 1. The molecule has 0 aliphatic carbocycles. The molecule has 0 bridgehead atoms. The van der Waals surface area contributed by atoms with Crippen molar-refractivity contribution in [2.24, 2.45) is 0 Å². The lowest BCUT2D eigenvalue weighted by atomic mass is 10.0. The Morgan fingerprint density at radius 1 is 0.885 bits per heavy atom. The summed E-state index contributed by atoms with van der Waals surface area (Å²) in [5, 5.41) is 0. The average molecular weight is 343 g/mol. The minimum absolute atomic E-state index is 0.105. The Kier molecular flexibility index (Phi) is 4.55. The summed E-state index contributed by atoms with van der Waals surface area (Å²) in [4.78, 5) is 15.3. The Labute approximate surface area is 153 Å². The highest BCUT2D eigenvalue weighted by molar-refractivity contribution is 6.02. The number of hydrogen-bond donors (Lipinski definition) is 0. The fourth-order valence-electron chi connectivity index (χ4n) is 3.51. The second-order valence-electron chi connectivity index (χ2n) is 6.55. The second-order valence-corrected chi connectivity index (χ2v) is 6.55. The topological polar surface area (TPSA) is 29.3 Å². The molecule has 3 aromatic rings. The molecule has 3 nitrogen and oxygen atoms in total. The first-order valence-corrected chi connectivity index (χ1v) is 8.81. The van der Waals surface area contributed by atoms with E-state index < -0.39 is 0 Å². The zero-order valence-corrected chi connectivity index (χ0v) is 14.7. The maximum absolute atomic E-state index is 13.0. The van der Waals surface area contributed by atoms with Crippen LogP contribution in [-0.4, -0.2) is 23.8 Å². The molecule has 0 saturated carbocycles. The molecule has 0 radical (unpaired) electrons. The number of benzene rings is 3. The molecule has 26 heavy (non-hydrogen) atoms. The Balaban J connectivity index is 1.61. The third kappa shape index (κ3) is 3.26. The van der Waals surface area contributed by atoms with Gasteiger partial charge in [-0.15, -0.1) is 0 Å². The van der Waals surface area contributed by atoms with Crippen LogP contribution in [0, 0.1) is 0 Å². The second kappa shape index (κ2) is 7.14. The van der Waals surface area contributed by atoms with Crippen LogP contribution in [0.4, 0.5) is 0 Å². The third-order valence-corrected chi connectivity index (χ3v) is 4.92. The van der Waals surface area contributed by atoms with E-state index in [0.29, 0.717) is 0 Å². The van der Waals surface area contributed by atoms with E-state index in [2.05, 4.69) is 29.2 Å². The van der Waals surface area contributed by atoms with Crippen molar-refractivity contribution in [3.05, 3.63) is 102 Å². The predicted octanol–water partition coefficient (Wildman–Crippen LogP) is 4.50. The van der Waals surface area contributed by atoms with Gasteiger partial charge < -0.3 is 4.74 Å². The van der Waals surface area contributed by atoms with Gasteiger partial charge in [0.1, 0.15) is 5.75 Å². The fourth-order valence-corrected chi connectivity index (χ4v) is 3.51. The monoisotopic (exact) mass is 343 g/mol. The van der Waals surface area contributed by atoms with Crippen molar-refractivity contribution in [2.45, 2.75) is 18.6 Å². The van der Waals surface area contributed by atoms with Crippen LogP contribution < -0.4 is 4.74 Å². The standard InChI is InChI=1S/C23H21NO2/c1-26-20-14-12-18(13-15-20)21-22(23(25)19-10-6-3-7-11-19)24(21)16-17-8-4-2-5-9-17/h2-15,21-22H,16H2,1H3/t21-,22-,24?/m0/s1. The Morgan fingerprint density at radius 2 is 1.50 bits per heavy atom. The largest absolute Gasteiger partial charge is 0.497 e. The van der Waals surface area contributed by atoms with Gasteiger partial charge in [0, 0.05) is 12.1 Å². The van der Waals surface area contributed by atoms with Crippen LogP contribution >= 0.6 is 0 Å². The first-order chi connectivity index (χ1) is 12.8. The Bertz CT molecular complexity index is 875. The van der Waals surface area contributed by atoms with Crippen molar-refractivity contribution in [3.8, 4) is 5.75 Å². The first-order valence-electron chi connectivity index (χ1n) is 8.81. The Hall–Kier alpha value is -2.91. The molecule has 1 heterocycles. The molecule has 1 fully saturated rings. The number of rotatable bonds is 6. The van der Waals surface area contributed by atoms with Gasteiger partial charge >= 0.3 is 0 Å². The number of ketones is 1. The van der Waals surface area contributed by atoms with Crippen LogP contribution in [0.2, 0.25) is 0 Å². The summed E-state index contributed by atoms with van der Waals surface area (Å²) in [5.41, 5.74) is 3.14. The normalized spacial score (nSPS) is 21.2. The van der Waals surface area contributed by atoms with Crippen LogP contribution in [0.1, 0.15) is 27.5 Å². The van der Waals surface area contributed by atoms with Gasteiger partial charge in [0.2, 0.25) is 0 Å². The van der Waals surface area contributed by atoms with E-state index in [-0.39, 0.29) is 17.9 Å². The van der Waals surface area contributed by atoms with Crippen molar-refractivity contribution in [1.29, 1.82) is 0 Å². The molecule has 3 aromatic carbocycles. The molecule has 1 aliphatic heterocycles. The van der Waals surface area contributed by atoms with Gasteiger partial charge in [-0.3, -0.25) is 9.69 Å². The predicted molar refractivity (Wildman–Crippen MR) is 102 cm³/mol. The summed E-state index contributed by atoms with van der Waals surface area (Å²) in [6.07, 6.45) is 0. The third-order valence-electron chi connectivity index (χ3n) is 4.92. The molecule has 0 N–H and O–H groups in total. The van der Waals surface area contributed by atoms with Gasteiger partial charge in [-0.05, 0) is 23.3 Å². The number of carbonyl (C=O) groups is 1. The fraction of sp³-hybridized carbons (Fsp3) is 0.174. The molecule has 0 aromatic heterocycles. The van der Waals surface area contributed by atoms with Crippen molar-refractivity contribution in [3.63, 3.8) is 0 Å². The molecule has 3 atom stereocenters. The molecule has 3 heteroatoms. The Morgan fingerprint density at radius 3 is 2.12 bits per heavy atom. The quantitative estimate of drug-likeness (QED) is 0.487. The van der Waals surface area contributed by atoms with Gasteiger partial charge in [-0.1, -0.05) is 72.8 Å². The molecule has 1 unspecified atom stereocenters. The smallest absolute Gasteiger partial charge is 0.181 e. The van der Waals surface area contributed by atoms with E-state index in [1.807, 2.05) is 60.7 Å². The van der Waals surface area contributed by atoms with Crippen molar-refractivity contribution < 1.29 is 9.53 Å². The molecule has 130 valence electrons. The number of methoxy groups -OCH3 is 1. The van der Waals surface area contributed by atoms with Crippen LogP contribution in [0.3, 0.4) is 0 Å². The van der Waals surface area contributed by atoms with E-state index in [0.717, 1.165) is 23.4 Å². The highest BCUT2D eigenvalue weighted by Gasteiger charge is 2.52. The van der Waals surface area contributed by atoms with Crippen molar-refractivity contribution in [1.82, 2.24) is 4.90 Å². The minimum atomic E-state index is -0.119. The van der Waals surface area contributed by atoms with E-state index >= 15 is 0 Å². The van der Waals surface area contributed by atoms with Gasteiger partial charge in [0.15, 0.2) is 5.78 Å². The molecule has 0 spiro atoms. The molecule has 4 rings (SSSR count). The van der Waals surface area contributed by atoms with E-state index in [1.165, 1.54) is 5.56 Å². The molecular formula is C23H21NO2. The van der Waals surface area contributed by atoms with Gasteiger partial charge in [-0.25, -0.2) is 0 Å². The summed E-state index contributed by atoms with van der Waals surface area (Å²) >= 11 is 0. The van der Waals surface area contributed by atoms with Crippen molar-refractivity contribution >= 4 is 5.78 Å². The molecule has 1 saturated heterocycles. The molecular weight excluding hydrogens is 322 g/mol. The number of ether oxygens (including phenoxy) is 1. The van der Waals surface area contributed by atoms with Gasteiger partial charge in [0.25, 0.3) is 0 Å². The summed E-state index contributed by atoms with van der Waals surface area (Å²) in [5.74, 6) is 1.01.